The molecule has 2 heterocycles. The van der Waals surface area contributed by atoms with Crippen molar-refractivity contribution in [2.45, 2.75) is 25.3 Å². The summed E-state index contributed by atoms with van der Waals surface area (Å²) in [6.45, 7) is 3.19. The molecule has 0 aromatic carbocycles. The lowest BCUT2D eigenvalue weighted by molar-refractivity contribution is -0.00230. The zero-order chi connectivity index (χ0) is 9.10. The smallest absolute Gasteiger partial charge is 0.317 e. The second-order valence-electron chi connectivity index (χ2n) is 3.73. The minimum absolute atomic E-state index is 0.0907. The number of likely N-dealkylation sites (tertiary alicyclic amines) is 1. The second-order valence-corrected chi connectivity index (χ2v) is 3.73. The van der Waals surface area contributed by atoms with E-state index in [1.165, 1.54) is 6.42 Å². The first-order chi connectivity index (χ1) is 6.36. The summed E-state index contributed by atoms with van der Waals surface area (Å²) in [4.78, 5) is 13.5. The molecule has 0 saturated carbocycles. The van der Waals surface area contributed by atoms with E-state index in [0.29, 0.717) is 13.2 Å². The van der Waals surface area contributed by atoms with Crippen molar-refractivity contribution in [1.29, 1.82) is 0 Å². The van der Waals surface area contributed by atoms with Gasteiger partial charge >= 0.3 is 6.03 Å². The lowest BCUT2D eigenvalue weighted by atomic mass is 10.1. The van der Waals surface area contributed by atoms with Crippen LogP contribution < -0.4 is 5.32 Å². The molecule has 2 aliphatic rings. The Morgan fingerprint density at radius 3 is 2.46 bits per heavy atom. The van der Waals surface area contributed by atoms with E-state index in [4.69, 9.17) is 4.74 Å². The highest BCUT2D eigenvalue weighted by Crippen LogP contribution is 2.09. The maximum absolute atomic E-state index is 11.6. The molecule has 0 aromatic rings. The van der Waals surface area contributed by atoms with E-state index in [2.05, 4.69) is 5.32 Å². The Morgan fingerprint density at radius 1 is 1.23 bits per heavy atom. The first-order valence-corrected chi connectivity index (χ1v) is 4.99. The summed E-state index contributed by atoms with van der Waals surface area (Å²) in [5, 5.41) is 2.95. The molecule has 4 heteroatoms. The summed E-state index contributed by atoms with van der Waals surface area (Å²) in [5.74, 6) is 0. The first kappa shape index (κ1) is 8.81. The first-order valence-electron chi connectivity index (χ1n) is 4.99. The van der Waals surface area contributed by atoms with Crippen LogP contribution in [0.2, 0.25) is 0 Å². The third-order valence-electron chi connectivity index (χ3n) is 2.61. The van der Waals surface area contributed by atoms with E-state index in [-0.39, 0.29) is 12.1 Å². The fourth-order valence-corrected chi connectivity index (χ4v) is 1.68. The molecule has 0 atom stereocenters. The molecule has 13 heavy (non-hydrogen) atoms. The predicted octanol–water partition coefficient (Wildman–Crippen LogP) is 0.581. The molecule has 0 bridgehead atoms. The number of hydrogen-bond donors (Lipinski definition) is 1. The standard InChI is InChI=1S/C9H16N2O2/c12-9(10-8-6-13-7-8)11-4-2-1-3-5-11/h8H,1-7H2,(H,10,12). The Morgan fingerprint density at radius 2 is 1.92 bits per heavy atom. The summed E-state index contributed by atoms with van der Waals surface area (Å²) in [6.07, 6.45) is 3.56. The van der Waals surface area contributed by atoms with Gasteiger partial charge in [0.15, 0.2) is 0 Å². The number of nitrogens with one attached hydrogen (secondary N) is 1. The van der Waals surface area contributed by atoms with Gasteiger partial charge in [0.05, 0.1) is 19.3 Å². The minimum atomic E-state index is 0.0907. The van der Waals surface area contributed by atoms with Crippen LogP contribution >= 0.6 is 0 Å². The third-order valence-corrected chi connectivity index (χ3v) is 2.61. The number of piperidine rings is 1. The van der Waals surface area contributed by atoms with Crippen LogP contribution in [0.1, 0.15) is 19.3 Å². The van der Waals surface area contributed by atoms with Gasteiger partial charge in [-0.15, -0.1) is 0 Å². The fraction of sp³-hybridized carbons (Fsp3) is 0.889. The molecule has 0 radical (unpaired) electrons. The Bertz CT molecular complexity index is 186. The number of ether oxygens (including phenoxy) is 1. The van der Waals surface area contributed by atoms with Gasteiger partial charge in [0, 0.05) is 13.1 Å². The summed E-state index contributed by atoms with van der Waals surface area (Å²) in [5.41, 5.74) is 0. The number of hydrogen-bond acceptors (Lipinski definition) is 2. The van der Waals surface area contributed by atoms with E-state index in [0.717, 1.165) is 25.9 Å². The topological polar surface area (TPSA) is 41.6 Å². The largest absolute Gasteiger partial charge is 0.377 e. The quantitative estimate of drug-likeness (QED) is 0.647. The summed E-state index contributed by atoms with van der Waals surface area (Å²) in [7, 11) is 0. The molecular weight excluding hydrogens is 168 g/mol. The molecule has 2 fully saturated rings. The number of urea groups is 1. The third kappa shape index (κ3) is 2.12. The van der Waals surface area contributed by atoms with Gasteiger partial charge in [-0.1, -0.05) is 0 Å². The van der Waals surface area contributed by atoms with Crippen LogP contribution in [0.15, 0.2) is 0 Å². The zero-order valence-corrected chi connectivity index (χ0v) is 7.79. The van der Waals surface area contributed by atoms with Crippen LogP contribution in [-0.2, 0) is 4.74 Å². The number of amides is 2. The zero-order valence-electron chi connectivity index (χ0n) is 7.79. The molecule has 2 saturated heterocycles. The molecule has 0 aromatic heterocycles. The average Bonchev–Trinajstić information content (AvgIpc) is 2.12. The SMILES string of the molecule is O=C(NC1COC1)N1CCCCC1. The predicted molar refractivity (Wildman–Crippen MR) is 48.6 cm³/mol. The van der Waals surface area contributed by atoms with Gasteiger partial charge in [0.25, 0.3) is 0 Å². The number of carbonyl (C=O) groups excluding carboxylic acids is 1. The van der Waals surface area contributed by atoms with Crippen LogP contribution in [0.25, 0.3) is 0 Å². The molecule has 74 valence electrons. The lowest BCUT2D eigenvalue weighted by Gasteiger charge is -2.32. The van der Waals surface area contributed by atoms with Crippen LogP contribution in [0.4, 0.5) is 4.79 Å². The summed E-state index contributed by atoms with van der Waals surface area (Å²) >= 11 is 0. The molecule has 0 unspecified atom stereocenters. The van der Waals surface area contributed by atoms with Gasteiger partial charge in [-0.05, 0) is 19.3 Å². The van der Waals surface area contributed by atoms with Gasteiger partial charge in [0.1, 0.15) is 0 Å². The Labute approximate surface area is 78.2 Å². The van der Waals surface area contributed by atoms with Crippen molar-refractivity contribution in [2.24, 2.45) is 0 Å². The highest BCUT2D eigenvalue weighted by Gasteiger charge is 2.23. The normalized spacial score (nSPS) is 23.8. The average molecular weight is 184 g/mol. The molecule has 2 aliphatic heterocycles. The van der Waals surface area contributed by atoms with Gasteiger partial charge in [0.2, 0.25) is 0 Å². The maximum atomic E-state index is 11.6. The summed E-state index contributed by atoms with van der Waals surface area (Å²) in [6, 6.07) is 0.349. The van der Waals surface area contributed by atoms with Crippen molar-refractivity contribution < 1.29 is 9.53 Å². The molecule has 0 aliphatic carbocycles. The Balaban J connectivity index is 1.74. The highest BCUT2D eigenvalue weighted by atomic mass is 16.5. The molecular formula is C9H16N2O2. The molecule has 2 amide bonds. The van der Waals surface area contributed by atoms with Crippen LogP contribution in [-0.4, -0.2) is 43.3 Å². The monoisotopic (exact) mass is 184 g/mol. The van der Waals surface area contributed by atoms with E-state index < -0.39 is 0 Å². The van der Waals surface area contributed by atoms with E-state index in [1.807, 2.05) is 4.90 Å². The molecule has 1 N–H and O–H groups in total. The highest BCUT2D eigenvalue weighted by molar-refractivity contribution is 5.74. The van der Waals surface area contributed by atoms with Crippen molar-refractivity contribution in [3.63, 3.8) is 0 Å². The fourth-order valence-electron chi connectivity index (χ4n) is 1.68. The molecule has 4 nitrogen and oxygen atoms in total. The number of rotatable bonds is 1. The van der Waals surface area contributed by atoms with Gasteiger partial charge in [-0.2, -0.15) is 0 Å². The van der Waals surface area contributed by atoms with Crippen LogP contribution in [0, 0.1) is 0 Å². The lowest BCUT2D eigenvalue weighted by Crippen LogP contribution is -2.53. The van der Waals surface area contributed by atoms with Crippen LogP contribution in [0.5, 0.6) is 0 Å². The van der Waals surface area contributed by atoms with Crippen LogP contribution in [0.3, 0.4) is 0 Å². The number of carbonyl (C=O) groups is 1. The van der Waals surface area contributed by atoms with Crippen molar-refractivity contribution in [1.82, 2.24) is 10.2 Å². The Hall–Kier alpha value is -0.770. The Kier molecular flexibility index (Phi) is 2.68. The minimum Gasteiger partial charge on any atom is -0.377 e. The molecule has 2 rings (SSSR count). The molecule has 0 spiro atoms. The van der Waals surface area contributed by atoms with E-state index in [1.54, 1.807) is 0 Å². The van der Waals surface area contributed by atoms with E-state index >= 15 is 0 Å². The second kappa shape index (κ2) is 3.96. The van der Waals surface area contributed by atoms with Gasteiger partial charge in [-0.3, -0.25) is 0 Å². The number of nitrogens with zero attached hydrogens (tertiary/aromatic N) is 1. The maximum Gasteiger partial charge on any atom is 0.317 e. The van der Waals surface area contributed by atoms with Gasteiger partial charge < -0.3 is 15.0 Å². The summed E-state index contributed by atoms with van der Waals surface area (Å²) < 4.78 is 4.99. The van der Waals surface area contributed by atoms with Crippen molar-refractivity contribution in [2.75, 3.05) is 26.3 Å². The van der Waals surface area contributed by atoms with E-state index in [9.17, 15) is 4.79 Å². The van der Waals surface area contributed by atoms with Crippen molar-refractivity contribution in [3.05, 3.63) is 0 Å². The van der Waals surface area contributed by atoms with Crippen molar-refractivity contribution >= 4 is 6.03 Å². The van der Waals surface area contributed by atoms with Crippen molar-refractivity contribution in [3.8, 4) is 0 Å². The van der Waals surface area contributed by atoms with Gasteiger partial charge in [-0.25, -0.2) is 4.79 Å².